The van der Waals surface area contributed by atoms with Crippen molar-refractivity contribution < 1.29 is 14.6 Å². The zero-order valence-corrected chi connectivity index (χ0v) is 16.5. The molecule has 1 unspecified atom stereocenters. The lowest BCUT2D eigenvalue weighted by molar-refractivity contribution is 0.00546. The summed E-state index contributed by atoms with van der Waals surface area (Å²) >= 11 is 0. The molecule has 23 heavy (non-hydrogen) atoms. The van der Waals surface area contributed by atoms with E-state index in [1.165, 1.54) is 0 Å². The highest BCUT2D eigenvalue weighted by Gasteiger charge is 2.30. The zero-order chi connectivity index (χ0) is 18.5. The molecule has 0 rings (SSSR count). The Balaban J connectivity index is 4.52. The number of amides is 1. The van der Waals surface area contributed by atoms with Crippen LogP contribution in [0.15, 0.2) is 0 Å². The van der Waals surface area contributed by atoms with E-state index >= 15 is 0 Å². The van der Waals surface area contributed by atoms with E-state index < -0.39 is 11.2 Å². The van der Waals surface area contributed by atoms with Crippen LogP contribution in [-0.2, 0) is 4.74 Å². The molecule has 0 fully saturated rings. The average Bonchev–Trinajstić information content (AvgIpc) is 2.21. The zero-order valence-electron chi connectivity index (χ0n) is 16.5. The molecule has 0 saturated heterocycles. The number of nitrogens with zero attached hydrogens (tertiary/aromatic N) is 2. The van der Waals surface area contributed by atoms with E-state index in [0.717, 1.165) is 0 Å². The van der Waals surface area contributed by atoms with E-state index in [1.54, 1.807) is 11.8 Å². The van der Waals surface area contributed by atoms with Gasteiger partial charge in [-0.1, -0.05) is 0 Å². The molecule has 0 aliphatic rings. The molecule has 0 aromatic rings. The van der Waals surface area contributed by atoms with Crippen LogP contribution in [0, 0.1) is 0 Å². The molecule has 0 spiro atoms. The van der Waals surface area contributed by atoms with E-state index in [9.17, 15) is 9.90 Å². The van der Waals surface area contributed by atoms with E-state index in [4.69, 9.17) is 4.74 Å². The highest BCUT2D eigenvalue weighted by Crippen LogP contribution is 2.18. The van der Waals surface area contributed by atoms with Crippen LogP contribution in [0.5, 0.6) is 0 Å². The minimum absolute atomic E-state index is 0.313. The number of likely N-dealkylation sites (N-methyl/N-ethyl adjacent to an activating group) is 1. The molecule has 0 aromatic heterocycles. The van der Waals surface area contributed by atoms with E-state index in [-0.39, 0.29) is 11.6 Å². The van der Waals surface area contributed by atoms with Crippen molar-refractivity contribution >= 4 is 6.09 Å². The Kier molecular flexibility index (Phi) is 8.00. The fraction of sp³-hybridized carbons (Fsp3) is 0.941. The number of ether oxygens (including phenoxy) is 1. The third-order valence-corrected chi connectivity index (χ3v) is 3.10. The van der Waals surface area contributed by atoms with Crippen LogP contribution in [0.25, 0.3) is 0 Å². The molecule has 0 aromatic carbocycles. The summed E-state index contributed by atoms with van der Waals surface area (Å²) in [5.41, 5.74) is -1.64. The highest BCUT2D eigenvalue weighted by atomic mass is 16.6. The number of nitrogens with one attached hydrogen (secondary N) is 1. The van der Waals surface area contributed by atoms with Crippen LogP contribution in [0.2, 0.25) is 0 Å². The van der Waals surface area contributed by atoms with E-state index in [1.807, 2.05) is 60.5 Å². The van der Waals surface area contributed by atoms with Crippen LogP contribution < -0.4 is 5.32 Å². The molecule has 0 saturated carbocycles. The van der Waals surface area contributed by atoms with Gasteiger partial charge in [-0.15, -0.1) is 0 Å². The monoisotopic (exact) mass is 331 g/mol. The van der Waals surface area contributed by atoms with Gasteiger partial charge in [0.25, 0.3) is 0 Å². The molecule has 0 heterocycles. The summed E-state index contributed by atoms with van der Waals surface area (Å²) in [4.78, 5) is 16.0. The molecule has 0 aliphatic heterocycles. The SMILES string of the molecule is CN(C)CC(C)(O)CNCCN(C(=O)OC(C)(C)C)C(C)(C)C. The van der Waals surface area contributed by atoms with Gasteiger partial charge in [0.05, 0.1) is 5.60 Å². The van der Waals surface area contributed by atoms with Gasteiger partial charge in [0.1, 0.15) is 5.60 Å². The lowest BCUT2D eigenvalue weighted by Gasteiger charge is -2.37. The number of rotatable bonds is 7. The molecule has 0 radical (unpaired) electrons. The van der Waals surface area contributed by atoms with Gasteiger partial charge < -0.3 is 25.0 Å². The number of hydrogen-bond donors (Lipinski definition) is 2. The molecule has 1 atom stereocenters. The average molecular weight is 332 g/mol. The topological polar surface area (TPSA) is 65.0 Å². The Hall–Kier alpha value is -0.850. The van der Waals surface area contributed by atoms with E-state index in [2.05, 4.69) is 5.32 Å². The molecular weight excluding hydrogens is 294 g/mol. The molecular formula is C17H37N3O3. The van der Waals surface area contributed by atoms with Crippen molar-refractivity contribution in [2.45, 2.75) is 65.2 Å². The van der Waals surface area contributed by atoms with Crippen LogP contribution >= 0.6 is 0 Å². The van der Waals surface area contributed by atoms with Gasteiger partial charge in [-0.25, -0.2) is 4.79 Å². The van der Waals surface area contributed by atoms with Crippen molar-refractivity contribution in [2.24, 2.45) is 0 Å². The number of hydrogen-bond acceptors (Lipinski definition) is 5. The molecule has 0 aliphatic carbocycles. The quantitative estimate of drug-likeness (QED) is 0.698. The van der Waals surface area contributed by atoms with Gasteiger partial charge in [-0.05, 0) is 62.6 Å². The maximum Gasteiger partial charge on any atom is 0.410 e. The summed E-state index contributed by atoms with van der Waals surface area (Å²) in [5.74, 6) is 0. The van der Waals surface area contributed by atoms with Gasteiger partial charge in [0.2, 0.25) is 0 Å². The van der Waals surface area contributed by atoms with Gasteiger partial charge in [-0.3, -0.25) is 0 Å². The highest BCUT2D eigenvalue weighted by molar-refractivity contribution is 5.69. The van der Waals surface area contributed by atoms with Crippen LogP contribution in [0.4, 0.5) is 4.79 Å². The third-order valence-electron chi connectivity index (χ3n) is 3.10. The molecule has 1 amide bonds. The largest absolute Gasteiger partial charge is 0.444 e. The number of carbonyl (C=O) groups excluding carboxylic acids is 1. The Bertz CT molecular complexity index is 368. The second-order valence-corrected chi connectivity index (χ2v) is 8.71. The fourth-order valence-corrected chi connectivity index (χ4v) is 2.30. The van der Waals surface area contributed by atoms with Crippen molar-refractivity contribution in [3.63, 3.8) is 0 Å². The van der Waals surface area contributed by atoms with Crippen molar-refractivity contribution in [1.82, 2.24) is 15.1 Å². The summed E-state index contributed by atoms with van der Waals surface area (Å²) < 4.78 is 5.48. The Morgan fingerprint density at radius 1 is 1.09 bits per heavy atom. The van der Waals surface area contributed by atoms with Crippen molar-refractivity contribution in [3.05, 3.63) is 0 Å². The number of aliphatic hydroxyl groups is 1. The minimum Gasteiger partial charge on any atom is -0.444 e. The molecule has 6 heteroatoms. The summed E-state index contributed by atoms with van der Waals surface area (Å²) in [6, 6.07) is 0. The Morgan fingerprint density at radius 3 is 2.00 bits per heavy atom. The fourth-order valence-electron chi connectivity index (χ4n) is 2.30. The van der Waals surface area contributed by atoms with Gasteiger partial charge in [-0.2, -0.15) is 0 Å². The predicted octanol–water partition coefficient (Wildman–Crippen LogP) is 1.92. The smallest absolute Gasteiger partial charge is 0.410 e. The van der Waals surface area contributed by atoms with Gasteiger partial charge >= 0.3 is 6.09 Å². The summed E-state index contributed by atoms with van der Waals surface area (Å²) in [6.07, 6.45) is -0.313. The first-order valence-electron chi connectivity index (χ1n) is 8.22. The van der Waals surface area contributed by atoms with Gasteiger partial charge in [0.15, 0.2) is 0 Å². The van der Waals surface area contributed by atoms with Gasteiger partial charge in [0, 0.05) is 31.7 Å². The van der Waals surface area contributed by atoms with Crippen LogP contribution in [-0.4, -0.2) is 78.0 Å². The maximum absolute atomic E-state index is 12.4. The first-order chi connectivity index (χ1) is 10.1. The van der Waals surface area contributed by atoms with Crippen LogP contribution in [0.1, 0.15) is 48.5 Å². The first-order valence-corrected chi connectivity index (χ1v) is 8.22. The predicted molar refractivity (Wildman–Crippen MR) is 94.7 cm³/mol. The summed E-state index contributed by atoms with van der Waals surface area (Å²) in [7, 11) is 3.86. The standard InChI is InChI=1S/C17H37N3O3/c1-15(2,3)20(14(21)23-16(4,5)6)11-10-18-12-17(7,22)13-19(8)9/h18,22H,10-13H2,1-9H3. The maximum atomic E-state index is 12.4. The molecule has 6 nitrogen and oxygen atoms in total. The second-order valence-electron chi connectivity index (χ2n) is 8.71. The molecule has 2 N–H and O–H groups in total. The minimum atomic E-state index is -0.804. The summed E-state index contributed by atoms with van der Waals surface area (Å²) in [6.45, 7) is 15.5. The molecule has 0 bridgehead atoms. The number of carbonyl (C=O) groups is 1. The van der Waals surface area contributed by atoms with Crippen LogP contribution in [0.3, 0.4) is 0 Å². The lowest BCUT2D eigenvalue weighted by Crippen LogP contribution is -2.52. The second kappa shape index (κ2) is 8.31. The van der Waals surface area contributed by atoms with Crippen molar-refractivity contribution in [1.29, 1.82) is 0 Å². The lowest BCUT2D eigenvalue weighted by atomic mass is 10.1. The van der Waals surface area contributed by atoms with E-state index in [0.29, 0.717) is 26.2 Å². The Labute approximate surface area is 142 Å². The van der Waals surface area contributed by atoms with Crippen molar-refractivity contribution in [2.75, 3.05) is 40.3 Å². The first kappa shape index (κ1) is 22.1. The summed E-state index contributed by atoms with van der Waals surface area (Å²) in [5, 5.41) is 13.5. The molecule has 138 valence electrons. The third kappa shape index (κ3) is 10.5. The van der Waals surface area contributed by atoms with Crippen molar-refractivity contribution in [3.8, 4) is 0 Å². The Morgan fingerprint density at radius 2 is 1.61 bits per heavy atom. The normalized spacial score (nSPS) is 15.4.